The molecule has 1 aliphatic rings. The van der Waals surface area contributed by atoms with Crippen molar-refractivity contribution >= 4 is 17.0 Å². The van der Waals surface area contributed by atoms with Crippen molar-refractivity contribution in [2.24, 2.45) is 10.2 Å². The Morgan fingerprint density at radius 3 is 2.50 bits per heavy atom. The average Bonchev–Trinajstić information content (AvgIpc) is 2.95. The van der Waals surface area contributed by atoms with Crippen molar-refractivity contribution in [2.45, 2.75) is 32.1 Å². The third kappa shape index (κ3) is 3.22. The normalized spacial score (nSPS) is 15.9. The van der Waals surface area contributed by atoms with E-state index in [4.69, 9.17) is 10.6 Å². The van der Waals surface area contributed by atoms with Crippen LogP contribution in [-0.2, 0) is 0 Å². The summed E-state index contributed by atoms with van der Waals surface area (Å²) in [6.07, 6.45) is 5.86. The highest BCUT2D eigenvalue weighted by atomic mass is 32.1. The number of hydrogen-bond acceptors (Lipinski definition) is 5. The summed E-state index contributed by atoms with van der Waals surface area (Å²) in [6, 6.07) is 7.82. The Labute approximate surface area is 133 Å². The first kappa shape index (κ1) is 14.8. The molecule has 22 heavy (non-hydrogen) atoms. The maximum absolute atomic E-state index is 6.15. The third-order valence-corrected chi connectivity index (χ3v) is 4.67. The van der Waals surface area contributed by atoms with Crippen LogP contribution in [-0.4, -0.2) is 17.5 Å². The lowest BCUT2D eigenvalue weighted by molar-refractivity contribution is 0.415. The zero-order chi connectivity index (χ0) is 15.4. The number of nitrogens with two attached hydrogens (primary N) is 1. The molecule has 0 radical (unpaired) electrons. The van der Waals surface area contributed by atoms with Gasteiger partial charge in [0, 0.05) is 16.7 Å². The minimum Gasteiger partial charge on any atom is -0.497 e. The van der Waals surface area contributed by atoms with Crippen LogP contribution in [0.4, 0.5) is 0 Å². The van der Waals surface area contributed by atoms with Crippen molar-refractivity contribution in [3.05, 3.63) is 34.4 Å². The van der Waals surface area contributed by atoms with Gasteiger partial charge in [0.25, 0.3) is 0 Å². The van der Waals surface area contributed by atoms with Crippen molar-refractivity contribution < 1.29 is 4.74 Å². The molecule has 6 heteroatoms. The monoisotopic (exact) mass is 316 g/mol. The molecule has 0 aliphatic heterocycles. The Morgan fingerprint density at radius 2 is 1.82 bits per heavy atom. The molecule has 5 nitrogen and oxygen atoms in total. The van der Waals surface area contributed by atoms with E-state index >= 15 is 0 Å². The zero-order valence-corrected chi connectivity index (χ0v) is 13.5. The summed E-state index contributed by atoms with van der Waals surface area (Å²) >= 11 is 1.50. The fraction of sp³-hybridized carbons (Fsp3) is 0.375. The van der Waals surface area contributed by atoms with Crippen molar-refractivity contribution in [2.75, 3.05) is 13.0 Å². The van der Waals surface area contributed by atoms with Gasteiger partial charge in [-0.05, 0) is 49.9 Å². The number of nitrogen functional groups attached to an aromatic ring is 1. The standard InChI is InChI=1S/C16H20N4OS/c1-21-14-9-7-12(8-10-14)15-11-22-16(20(15)17)19-18-13-5-3-2-4-6-13/h7-11H,2-6,17H2,1H3. The quantitative estimate of drug-likeness (QED) is 0.698. The topological polar surface area (TPSA) is 64.9 Å². The summed E-state index contributed by atoms with van der Waals surface area (Å²) in [4.78, 5) is 0.712. The number of aromatic nitrogens is 1. The fourth-order valence-electron chi connectivity index (χ4n) is 2.54. The van der Waals surface area contributed by atoms with Crippen LogP contribution in [0.5, 0.6) is 5.75 Å². The highest BCUT2D eigenvalue weighted by molar-refractivity contribution is 7.07. The van der Waals surface area contributed by atoms with Crippen LogP contribution >= 0.6 is 11.3 Å². The fourth-order valence-corrected chi connectivity index (χ4v) is 3.31. The second kappa shape index (κ2) is 6.79. The number of nitrogens with zero attached hydrogens (tertiary/aromatic N) is 3. The molecular formula is C16H20N4OS. The van der Waals surface area contributed by atoms with E-state index in [-0.39, 0.29) is 0 Å². The van der Waals surface area contributed by atoms with Crippen molar-refractivity contribution in [1.29, 1.82) is 0 Å². The molecule has 0 bridgehead atoms. The van der Waals surface area contributed by atoms with Gasteiger partial charge in [-0.25, -0.2) is 4.68 Å². The maximum Gasteiger partial charge on any atom is 0.229 e. The van der Waals surface area contributed by atoms with Gasteiger partial charge in [-0.1, -0.05) is 6.42 Å². The highest BCUT2D eigenvalue weighted by Crippen LogP contribution is 2.21. The molecule has 0 unspecified atom stereocenters. The molecule has 116 valence electrons. The van der Waals surface area contributed by atoms with Gasteiger partial charge in [-0.2, -0.15) is 5.10 Å². The Kier molecular flexibility index (Phi) is 4.58. The first-order valence-electron chi connectivity index (χ1n) is 7.47. The minimum atomic E-state index is 0.712. The molecule has 0 spiro atoms. The van der Waals surface area contributed by atoms with Crippen LogP contribution in [0.25, 0.3) is 11.3 Å². The van der Waals surface area contributed by atoms with Crippen LogP contribution in [0.3, 0.4) is 0 Å². The molecular weight excluding hydrogens is 296 g/mol. The van der Waals surface area contributed by atoms with E-state index in [0.717, 1.165) is 29.8 Å². The van der Waals surface area contributed by atoms with E-state index in [9.17, 15) is 0 Å². The van der Waals surface area contributed by atoms with Gasteiger partial charge in [0.15, 0.2) is 0 Å². The number of benzene rings is 1. The van der Waals surface area contributed by atoms with Crippen LogP contribution in [0, 0.1) is 0 Å². The number of methoxy groups -OCH3 is 1. The number of thiazole rings is 1. The molecule has 2 N–H and O–H groups in total. The molecule has 1 aliphatic carbocycles. The van der Waals surface area contributed by atoms with E-state index in [1.165, 1.54) is 36.3 Å². The molecule has 0 saturated heterocycles. The highest BCUT2D eigenvalue weighted by Gasteiger charge is 2.08. The summed E-state index contributed by atoms with van der Waals surface area (Å²) in [7, 11) is 1.66. The molecule has 1 heterocycles. The molecule has 2 aromatic rings. The molecule has 1 saturated carbocycles. The predicted molar refractivity (Wildman–Crippen MR) is 90.5 cm³/mol. The van der Waals surface area contributed by atoms with Gasteiger partial charge in [-0.3, -0.25) is 0 Å². The summed E-state index contributed by atoms with van der Waals surface area (Å²) in [5.74, 6) is 6.98. The second-order valence-electron chi connectivity index (χ2n) is 5.33. The van der Waals surface area contributed by atoms with E-state index in [2.05, 4.69) is 10.2 Å². The van der Waals surface area contributed by atoms with Gasteiger partial charge < -0.3 is 10.6 Å². The minimum absolute atomic E-state index is 0.712. The molecule has 1 aromatic heterocycles. The number of ether oxygens (including phenoxy) is 1. The van der Waals surface area contributed by atoms with Gasteiger partial charge in [0.1, 0.15) is 5.75 Å². The van der Waals surface area contributed by atoms with Crippen LogP contribution in [0.15, 0.2) is 39.8 Å². The summed E-state index contributed by atoms with van der Waals surface area (Å²) in [5.41, 5.74) is 3.15. The molecule has 0 atom stereocenters. The van der Waals surface area contributed by atoms with E-state index in [1.54, 1.807) is 11.8 Å². The van der Waals surface area contributed by atoms with Gasteiger partial charge in [-0.15, -0.1) is 16.4 Å². The molecule has 3 rings (SSSR count). The van der Waals surface area contributed by atoms with Gasteiger partial charge in [0.05, 0.1) is 12.8 Å². The third-order valence-electron chi connectivity index (χ3n) is 3.84. The first-order valence-corrected chi connectivity index (χ1v) is 8.35. The Morgan fingerprint density at radius 1 is 1.09 bits per heavy atom. The largest absolute Gasteiger partial charge is 0.497 e. The smallest absolute Gasteiger partial charge is 0.229 e. The van der Waals surface area contributed by atoms with E-state index < -0.39 is 0 Å². The molecule has 0 amide bonds. The number of hydrogen-bond donors (Lipinski definition) is 1. The average molecular weight is 316 g/mol. The van der Waals surface area contributed by atoms with Crippen LogP contribution in [0.1, 0.15) is 32.1 Å². The predicted octanol–water partition coefficient (Wildman–Crippen LogP) is 3.16. The lowest BCUT2D eigenvalue weighted by Gasteiger charge is -2.09. The zero-order valence-electron chi connectivity index (χ0n) is 12.7. The van der Waals surface area contributed by atoms with Gasteiger partial charge in [0.2, 0.25) is 4.80 Å². The summed E-state index contributed by atoms with van der Waals surface area (Å²) in [6.45, 7) is 0. The molecule has 1 fully saturated rings. The summed E-state index contributed by atoms with van der Waals surface area (Å²) in [5, 5.41) is 10.7. The Bertz CT molecular complexity index is 719. The second-order valence-corrected chi connectivity index (χ2v) is 6.17. The Hall–Kier alpha value is -2.08. The lowest BCUT2D eigenvalue weighted by atomic mass is 9.99. The van der Waals surface area contributed by atoms with Crippen LogP contribution < -0.4 is 15.4 Å². The maximum atomic E-state index is 6.15. The number of rotatable bonds is 3. The first-order chi connectivity index (χ1) is 10.8. The van der Waals surface area contributed by atoms with E-state index in [1.807, 2.05) is 29.6 Å². The molecule has 1 aromatic carbocycles. The van der Waals surface area contributed by atoms with Crippen molar-refractivity contribution in [3.8, 4) is 17.0 Å². The van der Waals surface area contributed by atoms with E-state index in [0.29, 0.717) is 4.80 Å². The SMILES string of the molecule is COc1ccc(-c2csc(=NN=C3CCCCC3)n2N)cc1. The van der Waals surface area contributed by atoms with Crippen molar-refractivity contribution in [3.63, 3.8) is 0 Å². The van der Waals surface area contributed by atoms with Crippen LogP contribution in [0.2, 0.25) is 0 Å². The summed E-state index contributed by atoms with van der Waals surface area (Å²) < 4.78 is 6.77. The van der Waals surface area contributed by atoms with Gasteiger partial charge >= 0.3 is 0 Å². The van der Waals surface area contributed by atoms with Crippen molar-refractivity contribution in [1.82, 2.24) is 4.68 Å². The lowest BCUT2D eigenvalue weighted by Crippen LogP contribution is -2.23. The Balaban J connectivity index is 1.87.